The molecule has 1 aromatic heterocycles. The van der Waals surface area contributed by atoms with Crippen LogP contribution in [0, 0.1) is 23.3 Å². The molecule has 0 bridgehead atoms. The number of aromatic nitrogens is 1. The highest BCUT2D eigenvalue weighted by atomic mass is 19.2. The monoisotopic (exact) mass is 378 g/mol. The molecule has 0 aliphatic carbocycles. The summed E-state index contributed by atoms with van der Waals surface area (Å²) in [5.41, 5.74) is 3.21. The van der Waals surface area contributed by atoms with Gasteiger partial charge in [-0.25, -0.2) is 13.2 Å². The zero-order valence-corrected chi connectivity index (χ0v) is 14.5. The van der Waals surface area contributed by atoms with Gasteiger partial charge in [0, 0.05) is 42.7 Å². The van der Waals surface area contributed by atoms with Gasteiger partial charge in [-0.15, -0.1) is 0 Å². The number of aryl methyl sites for hydroxylation is 1. The van der Waals surface area contributed by atoms with Gasteiger partial charge in [-0.2, -0.15) is 4.39 Å². The number of rotatable bonds is 5. The highest BCUT2D eigenvalue weighted by Crippen LogP contribution is 2.29. The maximum Gasteiger partial charge on any atom is 0.203 e. The van der Waals surface area contributed by atoms with Crippen LogP contribution in [-0.2, 0) is 19.5 Å². The van der Waals surface area contributed by atoms with Crippen LogP contribution in [0.3, 0.4) is 0 Å². The summed E-state index contributed by atoms with van der Waals surface area (Å²) in [6.45, 7) is 2.29. The van der Waals surface area contributed by atoms with Crippen LogP contribution in [0.1, 0.15) is 17.7 Å². The number of hydrogen-bond acceptors (Lipinski definition) is 2. The van der Waals surface area contributed by atoms with E-state index in [1.54, 1.807) is 12.1 Å². The molecule has 1 aliphatic rings. The second-order valence-corrected chi connectivity index (χ2v) is 6.54. The predicted octanol–water partition coefficient (Wildman–Crippen LogP) is 4.31. The van der Waals surface area contributed by atoms with Gasteiger partial charge in [0.25, 0.3) is 0 Å². The van der Waals surface area contributed by atoms with E-state index in [1.807, 2.05) is 0 Å². The largest absolute Gasteiger partial charge is 0.490 e. The zero-order chi connectivity index (χ0) is 19.0. The topological polar surface area (TPSA) is 26.2 Å². The summed E-state index contributed by atoms with van der Waals surface area (Å²) in [6.07, 6.45) is 1.38. The third-order valence-corrected chi connectivity index (χ3v) is 4.87. The maximum absolute atomic E-state index is 13.7. The van der Waals surface area contributed by atoms with Crippen molar-refractivity contribution in [3.8, 4) is 5.75 Å². The average Bonchev–Trinajstić information content (AvgIpc) is 2.98. The van der Waals surface area contributed by atoms with Gasteiger partial charge in [0.2, 0.25) is 5.82 Å². The lowest BCUT2D eigenvalue weighted by atomic mass is 10.1. The molecule has 27 heavy (non-hydrogen) atoms. The highest BCUT2D eigenvalue weighted by molar-refractivity contribution is 5.86. The highest BCUT2D eigenvalue weighted by Gasteiger charge is 2.20. The molecule has 0 fully saturated rings. The third-order valence-electron chi connectivity index (χ3n) is 4.87. The van der Waals surface area contributed by atoms with E-state index in [-0.39, 0.29) is 18.2 Å². The molecule has 1 aliphatic heterocycles. The number of fused-ring (bicyclic) bond motifs is 3. The summed E-state index contributed by atoms with van der Waals surface area (Å²) in [5.74, 6) is -4.68. The Morgan fingerprint density at radius 3 is 2.74 bits per heavy atom. The smallest absolute Gasteiger partial charge is 0.203 e. The Kier molecular flexibility index (Phi) is 4.78. The Morgan fingerprint density at radius 1 is 1.04 bits per heavy atom. The van der Waals surface area contributed by atoms with Crippen LogP contribution in [0.2, 0.25) is 0 Å². The summed E-state index contributed by atoms with van der Waals surface area (Å²) in [5, 5.41) is 4.20. The van der Waals surface area contributed by atoms with Crippen LogP contribution in [-0.4, -0.2) is 17.7 Å². The lowest BCUT2D eigenvalue weighted by molar-refractivity contribution is 0.279. The van der Waals surface area contributed by atoms with E-state index in [0.29, 0.717) is 19.5 Å². The molecule has 0 radical (unpaired) electrons. The Morgan fingerprint density at radius 2 is 1.89 bits per heavy atom. The van der Waals surface area contributed by atoms with Crippen molar-refractivity contribution < 1.29 is 22.3 Å². The van der Waals surface area contributed by atoms with E-state index < -0.39 is 17.5 Å². The second-order valence-electron chi connectivity index (χ2n) is 6.54. The molecular weight excluding hydrogens is 360 g/mol. The van der Waals surface area contributed by atoms with Crippen LogP contribution in [0.5, 0.6) is 5.75 Å². The Hall–Kier alpha value is -2.54. The van der Waals surface area contributed by atoms with Gasteiger partial charge in [-0.05, 0) is 42.3 Å². The van der Waals surface area contributed by atoms with E-state index in [1.165, 1.54) is 6.07 Å². The van der Waals surface area contributed by atoms with Crippen molar-refractivity contribution in [3.05, 3.63) is 64.9 Å². The zero-order valence-electron chi connectivity index (χ0n) is 14.5. The van der Waals surface area contributed by atoms with E-state index in [4.69, 9.17) is 4.74 Å². The molecule has 0 amide bonds. The van der Waals surface area contributed by atoms with E-state index in [2.05, 4.69) is 9.88 Å². The van der Waals surface area contributed by atoms with E-state index in [0.717, 1.165) is 47.3 Å². The van der Waals surface area contributed by atoms with Crippen molar-refractivity contribution in [1.82, 2.24) is 9.88 Å². The van der Waals surface area contributed by atoms with Gasteiger partial charge in [0.05, 0.1) is 6.61 Å². The minimum atomic E-state index is -1.53. The number of ether oxygens (including phenoxy) is 1. The van der Waals surface area contributed by atoms with Gasteiger partial charge in [-0.1, -0.05) is 0 Å². The molecule has 0 atom stereocenters. The number of halogens is 4. The first-order valence-corrected chi connectivity index (χ1v) is 8.83. The van der Waals surface area contributed by atoms with Gasteiger partial charge in [0.1, 0.15) is 5.82 Å². The molecule has 0 saturated carbocycles. The second kappa shape index (κ2) is 7.23. The third kappa shape index (κ3) is 3.27. The van der Waals surface area contributed by atoms with Crippen molar-refractivity contribution in [2.75, 3.05) is 13.2 Å². The standard InChI is InChI=1S/C20H18F4N2O/c21-12-2-4-16-13(10-12)14-11-25-7-6-17(14)26(16)8-1-9-27-18-5-3-15(22)19(23)20(18)24/h2-5,10,25H,1,6-9,11H2. The fourth-order valence-corrected chi connectivity index (χ4v) is 3.63. The summed E-state index contributed by atoms with van der Waals surface area (Å²) < 4.78 is 60.9. The lowest BCUT2D eigenvalue weighted by Gasteiger charge is -2.17. The molecule has 0 saturated heterocycles. The SMILES string of the molecule is Fc1ccc2c(c1)c1c(n2CCCOc2ccc(F)c(F)c2F)CCNC1. The summed E-state index contributed by atoms with van der Waals surface area (Å²) in [6, 6.07) is 6.66. The van der Waals surface area contributed by atoms with E-state index >= 15 is 0 Å². The molecule has 4 rings (SSSR count). The van der Waals surface area contributed by atoms with Crippen molar-refractivity contribution in [1.29, 1.82) is 0 Å². The minimum Gasteiger partial charge on any atom is -0.490 e. The number of benzene rings is 2. The van der Waals surface area contributed by atoms with Crippen molar-refractivity contribution in [3.63, 3.8) is 0 Å². The van der Waals surface area contributed by atoms with Crippen LogP contribution < -0.4 is 10.1 Å². The van der Waals surface area contributed by atoms with E-state index in [9.17, 15) is 17.6 Å². The van der Waals surface area contributed by atoms with Crippen LogP contribution in [0.25, 0.3) is 10.9 Å². The number of nitrogens with zero attached hydrogens (tertiary/aromatic N) is 1. The molecular formula is C20H18F4N2O. The maximum atomic E-state index is 13.7. The molecule has 0 spiro atoms. The number of nitrogens with one attached hydrogen (secondary N) is 1. The first-order valence-electron chi connectivity index (χ1n) is 8.83. The first kappa shape index (κ1) is 17.9. The van der Waals surface area contributed by atoms with Crippen LogP contribution in [0.4, 0.5) is 17.6 Å². The predicted molar refractivity (Wildman–Crippen MR) is 93.7 cm³/mol. The Balaban J connectivity index is 1.51. The minimum absolute atomic E-state index is 0.149. The van der Waals surface area contributed by atoms with Gasteiger partial charge in [0.15, 0.2) is 17.4 Å². The summed E-state index contributed by atoms with van der Waals surface area (Å²) in [7, 11) is 0. The molecule has 3 nitrogen and oxygen atoms in total. The Bertz CT molecular complexity index is 1000. The fourth-order valence-electron chi connectivity index (χ4n) is 3.63. The molecule has 1 N–H and O–H groups in total. The van der Waals surface area contributed by atoms with Crippen LogP contribution in [0.15, 0.2) is 30.3 Å². The summed E-state index contributed by atoms with van der Waals surface area (Å²) >= 11 is 0. The molecule has 7 heteroatoms. The number of hydrogen-bond donors (Lipinski definition) is 1. The molecule has 2 heterocycles. The van der Waals surface area contributed by atoms with Crippen molar-refractivity contribution in [2.45, 2.75) is 25.9 Å². The van der Waals surface area contributed by atoms with Gasteiger partial charge < -0.3 is 14.6 Å². The quantitative estimate of drug-likeness (QED) is 0.407. The van der Waals surface area contributed by atoms with Gasteiger partial charge in [-0.3, -0.25) is 0 Å². The molecule has 0 unspecified atom stereocenters. The van der Waals surface area contributed by atoms with Crippen molar-refractivity contribution >= 4 is 10.9 Å². The van der Waals surface area contributed by atoms with Gasteiger partial charge >= 0.3 is 0 Å². The normalized spacial score (nSPS) is 13.8. The molecule has 2 aromatic carbocycles. The van der Waals surface area contributed by atoms with Crippen molar-refractivity contribution in [2.24, 2.45) is 0 Å². The Labute approximate surface area is 153 Å². The lowest BCUT2D eigenvalue weighted by Crippen LogP contribution is -2.24. The summed E-state index contributed by atoms with van der Waals surface area (Å²) in [4.78, 5) is 0. The van der Waals surface area contributed by atoms with Crippen LogP contribution >= 0.6 is 0 Å². The average molecular weight is 378 g/mol. The first-order chi connectivity index (χ1) is 13.1. The molecule has 3 aromatic rings. The molecule has 142 valence electrons. The fraction of sp³-hybridized carbons (Fsp3) is 0.300.